The lowest BCUT2D eigenvalue weighted by Gasteiger charge is -2.37. The van der Waals surface area contributed by atoms with Gasteiger partial charge in [0, 0.05) is 18.0 Å². The van der Waals surface area contributed by atoms with Gasteiger partial charge in [-0.1, -0.05) is 91.0 Å². The summed E-state index contributed by atoms with van der Waals surface area (Å²) in [4.78, 5) is 4.79. The SMILES string of the molecule is C#CC1CC1c1cn(C(c2ccccc2)(c2ccccc2)c2ccccc2)cn1. The monoisotopic (exact) mass is 374 g/mol. The van der Waals surface area contributed by atoms with Gasteiger partial charge in [0.2, 0.25) is 0 Å². The van der Waals surface area contributed by atoms with Gasteiger partial charge in [-0.05, 0) is 23.1 Å². The Hall–Kier alpha value is -3.57. The Morgan fingerprint density at radius 3 is 1.69 bits per heavy atom. The first kappa shape index (κ1) is 17.5. The fraction of sp³-hybridized carbons (Fsp3) is 0.148. The fourth-order valence-electron chi connectivity index (χ4n) is 4.40. The van der Waals surface area contributed by atoms with Crippen molar-refractivity contribution in [1.29, 1.82) is 0 Å². The molecule has 29 heavy (non-hydrogen) atoms. The van der Waals surface area contributed by atoms with Crippen LogP contribution in [0.25, 0.3) is 0 Å². The second-order valence-electron chi connectivity index (χ2n) is 7.63. The molecule has 0 saturated heterocycles. The van der Waals surface area contributed by atoms with Gasteiger partial charge in [0.25, 0.3) is 0 Å². The van der Waals surface area contributed by atoms with Crippen molar-refractivity contribution in [3.05, 3.63) is 126 Å². The third kappa shape index (κ3) is 2.87. The largest absolute Gasteiger partial charge is 0.319 e. The van der Waals surface area contributed by atoms with Gasteiger partial charge in [-0.25, -0.2) is 4.98 Å². The van der Waals surface area contributed by atoms with Crippen molar-refractivity contribution in [2.75, 3.05) is 0 Å². The molecule has 4 aromatic rings. The maximum absolute atomic E-state index is 5.64. The predicted molar refractivity (Wildman–Crippen MR) is 117 cm³/mol. The van der Waals surface area contributed by atoms with Crippen molar-refractivity contribution in [1.82, 2.24) is 9.55 Å². The van der Waals surface area contributed by atoms with E-state index in [1.807, 2.05) is 6.33 Å². The normalized spacial score (nSPS) is 18.2. The molecule has 1 aliphatic carbocycles. The van der Waals surface area contributed by atoms with Gasteiger partial charge < -0.3 is 4.57 Å². The number of aromatic nitrogens is 2. The van der Waals surface area contributed by atoms with Crippen LogP contribution < -0.4 is 0 Å². The number of rotatable bonds is 5. The van der Waals surface area contributed by atoms with Crippen molar-refractivity contribution in [3.63, 3.8) is 0 Å². The van der Waals surface area contributed by atoms with Crippen LogP contribution in [-0.4, -0.2) is 9.55 Å². The van der Waals surface area contributed by atoms with Gasteiger partial charge in [0.15, 0.2) is 0 Å². The number of terminal acetylenes is 1. The average molecular weight is 374 g/mol. The van der Waals surface area contributed by atoms with Crippen LogP contribution in [0.5, 0.6) is 0 Å². The Kier molecular flexibility index (Phi) is 4.30. The topological polar surface area (TPSA) is 17.8 Å². The van der Waals surface area contributed by atoms with Gasteiger partial charge >= 0.3 is 0 Å². The van der Waals surface area contributed by atoms with Crippen LogP contribution in [0.15, 0.2) is 104 Å². The van der Waals surface area contributed by atoms with Crippen LogP contribution in [0.2, 0.25) is 0 Å². The number of imidazole rings is 1. The number of hydrogen-bond donors (Lipinski definition) is 0. The van der Waals surface area contributed by atoms with Gasteiger partial charge in [-0.2, -0.15) is 0 Å². The third-order valence-electron chi connectivity index (χ3n) is 5.95. The first-order valence-electron chi connectivity index (χ1n) is 10.0. The highest BCUT2D eigenvalue weighted by Crippen LogP contribution is 2.47. The van der Waals surface area contributed by atoms with Crippen molar-refractivity contribution >= 4 is 0 Å². The zero-order chi connectivity index (χ0) is 19.7. The van der Waals surface area contributed by atoms with Crippen LogP contribution >= 0.6 is 0 Å². The number of hydrogen-bond acceptors (Lipinski definition) is 1. The van der Waals surface area contributed by atoms with E-state index >= 15 is 0 Å². The number of benzene rings is 3. The van der Waals surface area contributed by atoms with Gasteiger partial charge in [0.1, 0.15) is 5.54 Å². The second kappa shape index (κ2) is 7.11. The van der Waals surface area contributed by atoms with E-state index in [1.54, 1.807) is 0 Å². The second-order valence-corrected chi connectivity index (χ2v) is 7.63. The lowest BCUT2D eigenvalue weighted by atomic mass is 9.77. The van der Waals surface area contributed by atoms with E-state index in [0.717, 1.165) is 12.1 Å². The summed E-state index contributed by atoms with van der Waals surface area (Å²) in [5, 5.41) is 0. The summed E-state index contributed by atoms with van der Waals surface area (Å²) in [6.45, 7) is 0. The molecule has 0 spiro atoms. The van der Waals surface area contributed by atoms with E-state index < -0.39 is 5.54 Å². The highest BCUT2D eigenvalue weighted by molar-refractivity contribution is 5.50. The van der Waals surface area contributed by atoms with E-state index in [4.69, 9.17) is 11.4 Å². The molecule has 5 rings (SSSR count). The predicted octanol–water partition coefficient (Wildman–Crippen LogP) is 5.46. The molecule has 0 aliphatic heterocycles. The molecule has 2 unspecified atom stereocenters. The zero-order valence-electron chi connectivity index (χ0n) is 16.1. The molecule has 2 nitrogen and oxygen atoms in total. The van der Waals surface area contributed by atoms with E-state index in [2.05, 4.69) is 108 Å². The average Bonchev–Trinajstić information content (AvgIpc) is 3.44. The van der Waals surface area contributed by atoms with Crippen LogP contribution in [0, 0.1) is 18.3 Å². The van der Waals surface area contributed by atoms with Crippen molar-refractivity contribution in [2.24, 2.45) is 5.92 Å². The standard InChI is InChI=1S/C27H22N2/c1-2-21-18-25(21)26-19-29(20-28-26)27(22-12-6-3-7-13-22,23-14-8-4-9-15-23)24-16-10-5-11-17-24/h1,3-17,19-21,25H,18H2. The maximum Gasteiger partial charge on any atom is 0.121 e. The summed E-state index contributed by atoms with van der Waals surface area (Å²) in [6, 6.07) is 32.0. The van der Waals surface area contributed by atoms with Crippen molar-refractivity contribution in [3.8, 4) is 12.3 Å². The Bertz CT molecular complexity index is 1040. The Labute approximate surface area is 171 Å². The van der Waals surface area contributed by atoms with Crippen LogP contribution in [0.4, 0.5) is 0 Å². The molecule has 1 aromatic heterocycles. The number of nitrogens with zero attached hydrogens (tertiary/aromatic N) is 2. The van der Waals surface area contributed by atoms with Crippen LogP contribution in [0.1, 0.15) is 34.7 Å². The minimum atomic E-state index is -0.504. The summed E-state index contributed by atoms with van der Waals surface area (Å²) in [5.74, 6) is 3.57. The molecular weight excluding hydrogens is 352 g/mol. The molecule has 140 valence electrons. The summed E-state index contributed by atoms with van der Waals surface area (Å²) in [6.07, 6.45) is 10.8. The molecule has 2 heteroatoms. The molecule has 0 radical (unpaired) electrons. The van der Waals surface area contributed by atoms with Crippen LogP contribution in [0.3, 0.4) is 0 Å². The summed E-state index contributed by atoms with van der Waals surface area (Å²) in [7, 11) is 0. The van der Waals surface area contributed by atoms with Crippen molar-refractivity contribution in [2.45, 2.75) is 17.9 Å². The minimum absolute atomic E-state index is 0.318. The molecule has 0 amide bonds. The van der Waals surface area contributed by atoms with Gasteiger partial charge in [-0.3, -0.25) is 0 Å². The molecule has 1 saturated carbocycles. The molecular formula is C27H22N2. The Morgan fingerprint density at radius 2 is 1.28 bits per heavy atom. The fourth-order valence-corrected chi connectivity index (χ4v) is 4.40. The lowest BCUT2D eigenvalue weighted by molar-refractivity contribution is 0.514. The highest BCUT2D eigenvalue weighted by Gasteiger charge is 2.42. The Balaban J connectivity index is 1.78. The van der Waals surface area contributed by atoms with Crippen molar-refractivity contribution < 1.29 is 0 Å². The quantitative estimate of drug-likeness (QED) is 0.335. The Morgan fingerprint density at radius 1 is 0.793 bits per heavy atom. The maximum atomic E-state index is 5.64. The van der Waals surface area contributed by atoms with E-state index in [1.165, 1.54) is 16.7 Å². The highest BCUT2D eigenvalue weighted by atomic mass is 15.1. The van der Waals surface area contributed by atoms with Gasteiger partial charge in [-0.15, -0.1) is 12.3 Å². The lowest BCUT2D eigenvalue weighted by Crippen LogP contribution is -2.36. The first-order valence-corrected chi connectivity index (χ1v) is 10.0. The minimum Gasteiger partial charge on any atom is -0.319 e. The summed E-state index contributed by atoms with van der Waals surface area (Å²) >= 11 is 0. The summed E-state index contributed by atoms with van der Waals surface area (Å²) < 4.78 is 2.26. The smallest absolute Gasteiger partial charge is 0.121 e. The molecule has 1 aliphatic rings. The zero-order valence-corrected chi connectivity index (χ0v) is 16.1. The molecule has 2 atom stereocenters. The molecule has 0 bridgehead atoms. The molecule has 0 N–H and O–H groups in total. The van der Waals surface area contributed by atoms with Gasteiger partial charge in [0.05, 0.1) is 12.0 Å². The molecule has 1 heterocycles. The summed E-state index contributed by atoms with van der Waals surface area (Å²) in [5.41, 5.74) is 4.18. The van der Waals surface area contributed by atoms with E-state index in [0.29, 0.717) is 11.8 Å². The first-order chi connectivity index (χ1) is 14.3. The van der Waals surface area contributed by atoms with E-state index in [9.17, 15) is 0 Å². The third-order valence-corrected chi connectivity index (χ3v) is 5.95. The van der Waals surface area contributed by atoms with Crippen LogP contribution in [-0.2, 0) is 5.54 Å². The molecule has 3 aromatic carbocycles. The van der Waals surface area contributed by atoms with E-state index in [-0.39, 0.29) is 0 Å². The molecule has 1 fully saturated rings.